The van der Waals surface area contributed by atoms with Crippen LogP contribution in [0.5, 0.6) is 0 Å². The molecular weight excluding hydrogens is 304 g/mol. The number of rotatable bonds is 3. The largest absolute Gasteiger partial charge is 0.395 e. The molecule has 0 aliphatic heterocycles. The van der Waals surface area contributed by atoms with Gasteiger partial charge >= 0.3 is 0 Å². The second-order valence-corrected chi connectivity index (χ2v) is 6.73. The molecule has 4 heteroatoms. The van der Waals surface area contributed by atoms with E-state index in [2.05, 4.69) is 35.8 Å². The summed E-state index contributed by atoms with van der Waals surface area (Å²) < 4.78 is 0. The summed E-state index contributed by atoms with van der Waals surface area (Å²) in [6.45, 7) is 0.202. The van der Waals surface area contributed by atoms with Crippen molar-refractivity contribution in [1.29, 1.82) is 5.26 Å². The molecule has 2 N–H and O–H groups in total. The molecule has 0 saturated heterocycles. The number of hydrogen-bond donors (Lipinski definition) is 3. The zero-order valence-corrected chi connectivity index (χ0v) is 13.4. The molecule has 1 saturated carbocycles. The number of hydrogen-bond acceptors (Lipinski definition) is 3. The minimum absolute atomic E-state index is 0.0283. The molecule has 2 aromatic carbocycles. The van der Waals surface area contributed by atoms with Crippen molar-refractivity contribution < 1.29 is 5.11 Å². The van der Waals surface area contributed by atoms with Crippen LogP contribution in [0.1, 0.15) is 24.0 Å². The summed E-state index contributed by atoms with van der Waals surface area (Å²) in [7, 11) is 0. The highest BCUT2D eigenvalue weighted by molar-refractivity contribution is 7.80. The predicted molar refractivity (Wildman–Crippen MR) is 93.7 cm³/mol. The highest BCUT2D eigenvalue weighted by Gasteiger charge is 2.43. The van der Waals surface area contributed by atoms with Crippen LogP contribution in [0.4, 0.5) is 0 Å². The van der Waals surface area contributed by atoms with Gasteiger partial charge in [-0.2, -0.15) is 5.26 Å². The monoisotopic (exact) mass is 320 g/mol. The van der Waals surface area contributed by atoms with Gasteiger partial charge in [0.1, 0.15) is 0 Å². The first-order chi connectivity index (χ1) is 11.2. The average Bonchev–Trinajstić information content (AvgIpc) is 3.33. The van der Waals surface area contributed by atoms with Crippen molar-refractivity contribution in [2.24, 2.45) is 0 Å². The van der Waals surface area contributed by atoms with E-state index in [9.17, 15) is 10.4 Å². The predicted octanol–water partition coefficient (Wildman–Crippen LogP) is 4.02. The first kappa shape index (κ1) is 14.4. The Bertz CT molecular complexity index is 930. The molecule has 23 heavy (non-hydrogen) atoms. The van der Waals surface area contributed by atoms with E-state index in [1.807, 2.05) is 30.5 Å². The third kappa shape index (κ3) is 2.24. The van der Waals surface area contributed by atoms with Gasteiger partial charge in [-0.1, -0.05) is 24.3 Å². The summed E-state index contributed by atoms with van der Waals surface area (Å²) in [5, 5.41) is 20.0. The zero-order chi connectivity index (χ0) is 16.0. The smallest absolute Gasteiger partial charge is 0.0998 e. The number of thiol groups is 1. The van der Waals surface area contributed by atoms with Crippen molar-refractivity contribution in [3.05, 3.63) is 53.7 Å². The number of nitrogens with one attached hydrogen (secondary N) is 1. The lowest BCUT2D eigenvalue weighted by atomic mass is 9.93. The lowest BCUT2D eigenvalue weighted by molar-refractivity contribution is 0.255. The van der Waals surface area contributed by atoms with Crippen molar-refractivity contribution >= 4 is 23.5 Å². The van der Waals surface area contributed by atoms with E-state index in [4.69, 9.17) is 0 Å². The van der Waals surface area contributed by atoms with Gasteiger partial charge in [-0.15, -0.1) is 12.6 Å². The van der Waals surface area contributed by atoms with Gasteiger partial charge < -0.3 is 10.1 Å². The van der Waals surface area contributed by atoms with Gasteiger partial charge in [-0.05, 0) is 36.1 Å². The number of fused-ring (bicyclic) bond motifs is 1. The molecule has 114 valence electrons. The molecule has 3 nitrogen and oxygen atoms in total. The van der Waals surface area contributed by atoms with E-state index in [-0.39, 0.29) is 12.0 Å². The maximum Gasteiger partial charge on any atom is 0.0998 e. The highest BCUT2D eigenvalue weighted by atomic mass is 32.1. The molecule has 0 radical (unpaired) electrons. The topological polar surface area (TPSA) is 59.8 Å². The number of nitrogens with zero attached hydrogens (tertiary/aromatic N) is 1. The Morgan fingerprint density at radius 1 is 1.22 bits per heavy atom. The quantitative estimate of drug-likeness (QED) is 0.638. The van der Waals surface area contributed by atoms with Gasteiger partial charge in [0.15, 0.2) is 0 Å². The van der Waals surface area contributed by atoms with Crippen molar-refractivity contribution in [2.45, 2.75) is 23.2 Å². The maximum atomic E-state index is 9.55. The highest BCUT2D eigenvalue weighted by Crippen LogP contribution is 2.48. The lowest BCUT2D eigenvalue weighted by Gasteiger charge is -2.13. The summed E-state index contributed by atoms with van der Waals surface area (Å²) in [5.74, 6) is 0. The van der Waals surface area contributed by atoms with Crippen molar-refractivity contribution in [1.82, 2.24) is 4.98 Å². The number of aliphatic hydroxyl groups is 1. The minimum atomic E-state index is -0.0283. The Labute approximate surface area is 140 Å². The molecule has 0 bridgehead atoms. The van der Waals surface area contributed by atoms with E-state index in [1.165, 1.54) is 5.56 Å². The summed E-state index contributed by atoms with van der Waals surface area (Å²) in [5.41, 5.74) is 4.64. The molecule has 3 aromatic rings. The molecule has 1 aromatic heterocycles. The molecule has 1 heterocycles. The van der Waals surface area contributed by atoms with Crippen LogP contribution in [0, 0.1) is 11.3 Å². The zero-order valence-electron chi connectivity index (χ0n) is 12.5. The average molecular weight is 320 g/mol. The Morgan fingerprint density at radius 3 is 2.57 bits per heavy atom. The Morgan fingerprint density at radius 2 is 1.96 bits per heavy atom. The SMILES string of the molecule is N#Cc1cc2[nH]cc(S)c2cc1-c1ccc(C2(CO)CC2)cc1. The van der Waals surface area contributed by atoms with Crippen molar-refractivity contribution in [2.75, 3.05) is 6.61 Å². The van der Waals surface area contributed by atoms with Crippen LogP contribution in [0.15, 0.2) is 47.5 Å². The van der Waals surface area contributed by atoms with Crippen LogP contribution in [-0.2, 0) is 5.41 Å². The molecule has 0 unspecified atom stereocenters. The fraction of sp³-hybridized carbons (Fsp3) is 0.211. The molecule has 1 aliphatic carbocycles. The van der Waals surface area contributed by atoms with Gasteiger partial charge in [0, 0.05) is 33.0 Å². The number of H-pyrrole nitrogens is 1. The number of nitriles is 1. The molecule has 4 rings (SSSR count). The second kappa shape index (κ2) is 5.16. The van der Waals surface area contributed by atoms with Gasteiger partial charge in [-0.3, -0.25) is 0 Å². The number of benzene rings is 2. The minimum Gasteiger partial charge on any atom is -0.395 e. The normalized spacial score (nSPS) is 15.5. The number of aliphatic hydroxyl groups excluding tert-OH is 1. The standard InChI is InChI=1S/C19H16N2OS/c20-9-13-7-17-16(18(23)10-21-17)8-15(13)12-1-3-14(4-2-12)19(11-22)5-6-19/h1-4,7-8,10,21-23H,5-6,11H2. The maximum absolute atomic E-state index is 9.55. The van der Waals surface area contributed by atoms with Crippen LogP contribution in [-0.4, -0.2) is 16.7 Å². The van der Waals surface area contributed by atoms with Crippen molar-refractivity contribution in [3.63, 3.8) is 0 Å². The van der Waals surface area contributed by atoms with E-state index in [0.29, 0.717) is 5.56 Å². The summed E-state index contributed by atoms with van der Waals surface area (Å²) >= 11 is 4.46. The van der Waals surface area contributed by atoms with E-state index in [0.717, 1.165) is 39.8 Å². The number of aromatic nitrogens is 1. The van der Waals surface area contributed by atoms with Gasteiger partial charge in [0.25, 0.3) is 0 Å². The summed E-state index contributed by atoms with van der Waals surface area (Å²) in [6.07, 6.45) is 3.93. The Balaban J connectivity index is 1.82. The molecular formula is C19H16N2OS. The Kier molecular flexibility index (Phi) is 3.22. The first-order valence-electron chi connectivity index (χ1n) is 7.63. The van der Waals surface area contributed by atoms with E-state index in [1.54, 1.807) is 0 Å². The van der Waals surface area contributed by atoms with Crippen LogP contribution in [0.2, 0.25) is 0 Å². The van der Waals surface area contributed by atoms with Gasteiger partial charge in [0.05, 0.1) is 18.2 Å². The summed E-state index contributed by atoms with van der Waals surface area (Å²) in [4.78, 5) is 4.01. The first-order valence-corrected chi connectivity index (χ1v) is 8.07. The lowest BCUT2D eigenvalue weighted by Crippen LogP contribution is -2.11. The molecule has 1 fully saturated rings. The molecule has 1 aliphatic rings. The van der Waals surface area contributed by atoms with Crippen LogP contribution < -0.4 is 0 Å². The fourth-order valence-electron chi connectivity index (χ4n) is 3.18. The van der Waals surface area contributed by atoms with Gasteiger partial charge in [-0.25, -0.2) is 0 Å². The summed E-state index contributed by atoms with van der Waals surface area (Å²) in [6, 6.07) is 14.4. The van der Waals surface area contributed by atoms with E-state index >= 15 is 0 Å². The number of aromatic amines is 1. The van der Waals surface area contributed by atoms with Crippen molar-refractivity contribution in [3.8, 4) is 17.2 Å². The fourth-order valence-corrected chi connectivity index (χ4v) is 3.43. The van der Waals surface area contributed by atoms with Gasteiger partial charge in [0.2, 0.25) is 0 Å². The third-order valence-electron chi connectivity index (χ3n) is 4.88. The molecule has 0 atom stereocenters. The second-order valence-electron chi connectivity index (χ2n) is 6.24. The van der Waals surface area contributed by atoms with E-state index < -0.39 is 0 Å². The van der Waals surface area contributed by atoms with Crippen LogP contribution in [0.25, 0.3) is 22.0 Å². The molecule has 0 spiro atoms. The molecule has 0 amide bonds. The third-order valence-corrected chi connectivity index (χ3v) is 5.25. The Hall–Kier alpha value is -2.22. The van der Waals surface area contributed by atoms with Crippen LogP contribution in [0.3, 0.4) is 0 Å². The van der Waals surface area contributed by atoms with Crippen LogP contribution >= 0.6 is 12.6 Å².